The van der Waals surface area contributed by atoms with E-state index in [-0.39, 0.29) is 6.04 Å². The second-order valence-corrected chi connectivity index (χ2v) is 4.67. The van der Waals surface area contributed by atoms with E-state index in [9.17, 15) is 0 Å². The number of nitrogens with zero attached hydrogens (tertiary/aromatic N) is 1. The molecule has 2 atom stereocenters. The molecule has 3 nitrogen and oxygen atoms in total. The van der Waals surface area contributed by atoms with E-state index in [2.05, 4.69) is 29.4 Å². The van der Waals surface area contributed by atoms with Gasteiger partial charge in [0.25, 0.3) is 0 Å². The third-order valence-electron chi connectivity index (χ3n) is 3.30. The van der Waals surface area contributed by atoms with Gasteiger partial charge >= 0.3 is 0 Å². The molecule has 1 fully saturated rings. The van der Waals surface area contributed by atoms with Gasteiger partial charge in [-0.25, -0.2) is 0 Å². The number of hydrogen-bond donors (Lipinski definition) is 1. The highest BCUT2D eigenvalue weighted by atomic mass is 16.5. The number of nitrogens with one attached hydrogen (secondary N) is 1. The zero-order valence-electron chi connectivity index (χ0n) is 10.8. The molecule has 0 spiro atoms. The first-order chi connectivity index (χ1) is 8.31. The first-order valence-corrected chi connectivity index (χ1v) is 6.59. The number of rotatable bonds is 4. The van der Waals surface area contributed by atoms with Gasteiger partial charge in [0.15, 0.2) is 0 Å². The van der Waals surface area contributed by atoms with E-state index in [1.165, 1.54) is 18.4 Å². The van der Waals surface area contributed by atoms with Crippen molar-refractivity contribution in [2.24, 2.45) is 0 Å². The van der Waals surface area contributed by atoms with Crippen LogP contribution >= 0.6 is 0 Å². The minimum absolute atomic E-state index is 0.286. The molecular formula is C14H22N2O. The van der Waals surface area contributed by atoms with E-state index < -0.39 is 0 Å². The van der Waals surface area contributed by atoms with Gasteiger partial charge in [0, 0.05) is 18.5 Å². The minimum Gasteiger partial charge on any atom is -0.376 e. The minimum atomic E-state index is 0.286. The first kappa shape index (κ1) is 12.5. The van der Waals surface area contributed by atoms with Crippen molar-refractivity contribution >= 4 is 0 Å². The van der Waals surface area contributed by atoms with E-state index in [1.54, 1.807) is 0 Å². The van der Waals surface area contributed by atoms with E-state index in [4.69, 9.17) is 4.74 Å². The average Bonchev–Trinajstić information content (AvgIpc) is 2.38. The summed E-state index contributed by atoms with van der Waals surface area (Å²) >= 11 is 0. The maximum absolute atomic E-state index is 5.89. The van der Waals surface area contributed by atoms with E-state index in [1.807, 2.05) is 13.1 Å². The molecule has 1 N–H and O–H groups in total. The quantitative estimate of drug-likeness (QED) is 0.869. The van der Waals surface area contributed by atoms with E-state index >= 15 is 0 Å². The highest BCUT2D eigenvalue weighted by Gasteiger charge is 2.25. The van der Waals surface area contributed by atoms with Gasteiger partial charge in [-0.2, -0.15) is 0 Å². The summed E-state index contributed by atoms with van der Waals surface area (Å²) in [6.07, 6.45) is 5.88. The van der Waals surface area contributed by atoms with Gasteiger partial charge in [-0.15, -0.1) is 0 Å². The Morgan fingerprint density at radius 3 is 2.94 bits per heavy atom. The Morgan fingerprint density at radius 1 is 1.47 bits per heavy atom. The van der Waals surface area contributed by atoms with Crippen LogP contribution in [0.4, 0.5) is 0 Å². The van der Waals surface area contributed by atoms with Crippen LogP contribution in [0.1, 0.15) is 43.5 Å². The fourth-order valence-electron chi connectivity index (χ4n) is 2.38. The number of pyridine rings is 1. The van der Waals surface area contributed by atoms with Gasteiger partial charge in [0.2, 0.25) is 0 Å². The van der Waals surface area contributed by atoms with Gasteiger partial charge in [-0.3, -0.25) is 4.98 Å². The normalized spacial score (nSPS) is 22.4. The molecule has 1 aromatic heterocycles. The van der Waals surface area contributed by atoms with Crippen molar-refractivity contribution in [3.8, 4) is 0 Å². The fourth-order valence-corrected chi connectivity index (χ4v) is 2.38. The molecule has 1 saturated heterocycles. The standard InChI is InChI=1S/C14H22N2O/c1-3-15-14(13-6-4-5-9-17-13)12-8-7-11(2)16-10-12/h7-8,10,13-15H,3-6,9H2,1-2H3. The Labute approximate surface area is 104 Å². The summed E-state index contributed by atoms with van der Waals surface area (Å²) in [4.78, 5) is 4.38. The molecule has 0 aromatic carbocycles. The molecule has 1 aliphatic heterocycles. The van der Waals surface area contributed by atoms with Crippen LogP contribution in [0.25, 0.3) is 0 Å². The van der Waals surface area contributed by atoms with Gasteiger partial charge in [0.1, 0.15) is 0 Å². The molecule has 2 heterocycles. The molecule has 94 valence electrons. The highest BCUT2D eigenvalue weighted by Crippen LogP contribution is 2.26. The lowest BCUT2D eigenvalue weighted by molar-refractivity contribution is -0.00793. The Bertz CT molecular complexity index is 331. The molecular weight excluding hydrogens is 212 g/mol. The lowest BCUT2D eigenvalue weighted by atomic mass is 9.96. The number of aryl methyl sites for hydroxylation is 1. The predicted molar refractivity (Wildman–Crippen MR) is 69.0 cm³/mol. The zero-order valence-corrected chi connectivity index (χ0v) is 10.8. The van der Waals surface area contributed by atoms with Crippen LogP contribution in [-0.2, 0) is 4.74 Å². The number of aromatic nitrogens is 1. The largest absolute Gasteiger partial charge is 0.376 e. The molecule has 0 saturated carbocycles. The van der Waals surface area contributed by atoms with Crippen LogP contribution in [-0.4, -0.2) is 24.2 Å². The van der Waals surface area contributed by atoms with Crippen LogP contribution in [0.3, 0.4) is 0 Å². The number of likely N-dealkylation sites (N-methyl/N-ethyl adjacent to an activating group) is 1. The summed E-state index contributed by atoms with van der Waals surface area (Å²) < 4.78 is 5.89. The molecule has 0 radical (unpaired) electrons. The van der Waals surface area contributed by atoms with Crippen molar-refractivity contribution in [2.75, 3.05) is 13.2 Å². The van der Waals surface area contributed by atoms with Crippen molar-refractivity contribution in [3.63, 3.8) is 0 Å². The summed E-state index contributed by atoms with van der Waals surface area (Å²) in [7, 11) is 0. The molecule has 2 rings (SSSR count). The second kappa shape index (κ2) is 6.12. The van der Waals surface area contributed by atoms with Crippen molar-refractivity contribution in [2.45, 2.75) is 45.3 Å². The molecule has 2 unspecified atom stereocenters. The predicted octanol–water partition coefficient (Wildman–Crippen LogP) is 2.61. The number of hydrogen-bond acceptors (Lipinski definition) is 3. The number of ether oxygens (including phenoxy) is 1. The smallest absolute Gasteiger partial charge is 0.0770 e. The first-order valence-electron chi connectivity index (χ1n) is 6.59. The van der Waals surface area contributed by atoms with Crippen molar-refractivity contribution in [3.05, 3.63) is 29.6 Å². The van der Waals surface area contributed by atoms with Crippen LogP contribution in [0, 0.1) is 6.92 Å². The summed E-state index contributed by atoms with van der Waals surface area (Å²) in [5, 5.41) is 3.52. The van der Waals surface area contributed by atoms with Crippen LogP contribution in [0.15, 0.2) is 18.3 Å². The van der Waals surface area contributed by atoms with Gasteiger partial charge in [-0.05, 0) is 44.4 Å². The summed E-state index contributed by atoms with van der Waals surface area (Å²) in [5.74, 6) is 0. The van der Waals surface area contributed by atoms with Crippen molar-refractivity contribution in [1.29, 1.82) is 0 Å². The SMILES string of the molecule is CCNC(c1ccc(C)nc1)C1CCCCO1. The van der Waals surface area contributed by atoms with Crippen LogP contribution in [0.5, 0.6) is 0 Å². The van der Waals surface area contributed by atoms with Crippen molar-refractivity contribution in [1.82, 2.24) is 10.3 Å². The zero-order chi connectivity index (χ0) is 12.1. The molecule has 1 aromatic rings. The summed E-state index contributed by atoms with van der Waals surface area (Å²) in [6, 6.07) is 4.52. The van der Waals surface area contributed by atoms with Crippen LogP contribution < -0.4 is 5.32 Å². The molecule has 3 heteroatoms. The Hall–Kier alpha value is -0.930. The Balaban J connectivity index is 2.12. The monoisotopic (exact) mass is 234 g/mol. The maximum atomic E-state index is 5.89. The highest BCUT2D eigenvalue weighted by molar-refractivity contribution is 5.18. The van der Waals surface area contributed by atoms with Crippen molar-refractivity contribution < 1.29 is 4.74 Å². The van der Waals surface area contributed by atoms with E-state index in [0.717, 1.165) is 25.3 Å². The fraction of sp³-hybridized carbons (Fsp3) is 0.643. The summed E-state index contributed by atoms with van der Waals surface area (Å²) in [5.41, 5.74) is 2.30. The average molecular weight is 234 g/mol. The molecule has 0 amide bonds. The van der Waals surface area contributed by atoms with Gasteiger partial charge < -0.3 is 10.1 Å². The molecule has 0 bridgehead atoms. The molecule has 1 aliphatic rings. The lowest BCUT2D eigenvalue weighted by Gasteiger charge is -2.31. The second-order valence-electron chi connectivity index (χ2n) is 4.67. The summed E-state index contributed by atoms with van der Waals surface area (Å²) in [6.45, 7) is 6.00. The third kappa shape index (κ3) is 3.27. The van der Waals surface area contributed by atoms with Gasteiger partial charge in [0.05, 0.1) is 12.1 Å². The Morgan fingerprint density at radius 2 is 2.35 bits per heavy atom. The molecule has 17 heavy (non-hydrogen) atoms. The topological polar surface area (TPSA) is 34.2 Å². The third-order valence-corrected chi connectivity index (χ3v) is 3.30. The Kier molecular flexibility index (Phi) is 4.51. The molecule has 0 aliphatic carbocycles. The maximum Gasteiger partial charge on any atom is 0.0770 e. The lowest BCUT2D eigenvalue weighted by Crippen LogP contribution is -2.36. The van der Waals surface area contributed by atoms with Gasteiger partial charge in [-0.1, -0.05) is 13.0 Å². The van der Waals surface area contributed by atoms with Crippen LogP contribution in [0.2, 0.25) is 0 Å². The van der Waals surface area contributed by atoms with E-state index in [0.29, 0.717) is 6.10 Å².